The average molecular weight is 379 g/mol. The number of phenolic OH excluding ortho intramolecular Hbond substituents is 1. The van der Waals surface area contributed by atoms with Gasteiger partial charge in [-0.2, -0.15) is 5.10 Å². The van der Waals surface area contributed by atoms with E-state index in [1.807, 2.05) is 36.5 Å². The van der Waals surface area contributed by atoms with Crippen molar-refractivity contribution in [2.75, 3.05) is 6.54 Å². The second kappa shape index (κ2) is 7.98. The molecule has 7 nitrogen and oxygen atoms in total. The molecule has 1 aliphatic heterocycles. The van der Waals surface area contributed by atoms with E-state index >= 15 is 0 Å². The van der Waals surface area contributed by atoms with Crippen molar-refractivity contribution in [2.24, 2.45) is 5.92 Å². The van der Waals surface area contributed by atoms with Crippen molar-refractivity contribution in [3.63, 3.8) is 0 Å². The third-order valence-electron chi connectivity index (χ3n) is 5.05. The Bertz CT molecular complexity index is 899. The molecule has 0 radical (unpaired) electrons. The molecule has 0 spiro atoms. The Kier molecular flexibility index (Phi) is 5.25. The molecule has 3 unspecified atom stereocenters. The van der Waals surface area contributed by atoms with Gasteiger partial charge < -0.3 is 15.2 Å². The van der Waals surface area contributed by atoms with Gasteiger partial charge in [0.05, 0.1) is 11.4 Å². The molecule has 3 heterocycles. The predicted molar refractivity (Wildman–Crippen MR) is 107 cm³/mol. The Labute approximate surface area is 164 Å². The summed E-state index contributed by atoms with van der Waals surface area (Å²) in [5.74, 6) is 1.21. The molecule has 7 heteroatoms. The Morgan fingerprint density at radius 1 is 1.14 bits per heavy atom. The van der Waals surface area contributed by atoms with Crippen molar-refractivity contribution in [1.82, 2.24) is 25.3 Å². The highest BCUT2D eigenvalue weighted by Gasteiger charge is 2.23. The maximum atomic E-state index is 10.4. The monoisotopic (exact) mass is 379 g/mol. The van der Waals surface area contributed by atoms with Gasteiger partial charge in [0.2, 0.25) is 5.88 Å². The van der Waals surface area contributed by atoms with Crippen LogP contribution in [0.15, 0.2) is 48.8 Å². The molecule has 1 aliphatic rings. The molecule has 0 amide bonds. The van der Waals surface area contributed by atoms with Gasteiger partial charge in [-0.15, -0.1) is 10.2 Å². The fourth-order valence-corrected chi connectivity index (χ4v) is 3.60. The second-order valence-corrected chi connectivity index (χ2v) is 7.53. The number of ether oxygens (including phenoxy) is 1. The van der Waals surface area contributed by atoms with E-state index in [9.17, 15) is 5.11 Å². The van der Waals surface area contributed by atoms with Crippen LogP contribution in [0.2, 0.25) is 0 Å². The maximum Gasteiger partial charge on any atom is 0.233 e. The third kappa shape index (κ3) is 4.14. The van der Waals surface area contributed by atoms with Gasteiger partial charge in [-0.25, -0.2) is 4.68 Å². The van der Waals surface area contributed by atoms with E-state index in [0.29, 0.717) is 29.1 Å². The van der Waals surface area contributed by atoms with Gasteiger partial charge in [0.25, 0.3) is 0 Å². The van der Waals surface area contributed by atoms with E-state index in [1.165, 1.54) is 0 Å². The van der Waals surface area contributed by atoms with Crippen LogP contribution in [0.5, 0.6) is 11.6 Å². The minimum Gasteiger partial charge on any atom is -0.507 e. The second-order valence-electron chi connectivity index (χ2n) is 7.53. The summed E-state index contributed by atoms with van der Waals surface area (Å²) in [4.78, 5) is 0. The lowest BCUT2D eigenvalue weighted by Gasteiger charge is -2.19. The molecule has 0 aliphatic carbocycles. The number of benzene rings is 1. The first kappa shape index (κ1) is 18.4. The Morgan fingerprint density at radius 2 is 2.04 bits per heavy atom. The molecule has 3 aromatic rings. The van der Waals surface area contributed by atoms with Crippen LogP contribution in [-0.4, -0.2) is 43.8 Å². The molecule has 3 atom stereocenters. The first-order chi connectivity index (χ1) is 13.6. The van der Waals surface area contributed by atoms with E-state index < -0.39 is 0 Å². The number of phenols is 1. The molecule has 0 saturated carbocycles. The quantitative estimate of drug-likeness (QED) is 0.724. The standard InChI is InChI=1S/C21H25N5O2/c1-14-10-17(11-15(2)22-13-14)28-21-7-6-19(24-25-21)18-5-4-16(12-20(18)27)26-9-3-8-23-26/h3-9,12,14-15,17,22,27H,10-11,13H2,1-2H3. The highest BCUT2D eigenvalue weighted by atomic mass is 16.5. The lowest BCUT2D eigenvalue weighted by atomic mass is 10.0. The fourth-order valence-electron chi connectivity index (χ4n) is 3.60. The summed E-state index contributed by atoms with van der Waals surface area (Å²) in [6, 6.07) is 11.3. The van der Waals surface area contributed by atoms with Crippen molar-refractivity contribution >= 4 is 0 Å². The largest absolute Gasteiger partial charge is 0.507 e. The highest BCUT2D eigenvalue weighted by molar-refractivity contribution is 5.68. The van der Waals surface area contributed by atoms with Crippen LogP contribution in [0.3, 0.4) is 0 Å². The van der Waals surface area contributed by atoms with E-state index in [1.54, 1.807) is 16.9 Å². The number of aromatic hydroxyl groups is 1. The number of nitrogens with one attached hydrogen (secondary N) is 1. The summed E-state index contributed by atoms with van der Waals surface area (Å²) in [6.07, 6.45) is 5.59. The van der Waals surface area contributed by atoms with Gasteiger partial charge >= 0.3 is 0 Å². The van der Waals surface area contributed by atoms with Crippen LogP contribution in [0.1, 0.15) is 26.7 Å². The first-order valence-electron chi connectivity index (χ1n) is 9.65. The van der Waals surface area contributed by atoms with Crippen molar-refractivity contribution < 1.29 is 9.84 Å². The van der Waals surface area contributed by atoms with E-state index in [-0.39, 0.29) is 11.9 Å². The SMILES string of the molecule is CC1CNC(C)CC(Oc2ccc(-c3ccc(-n4cccn4)cc3O)nn2)C1. The van der Waals surface area contributed by atoms with Crippen LogP contribution < -0.4 is 10.1 Å². The number of rotatable bonds is 4. The third-order valence-corrected chi connectivity index (χ3v) is 5.05. The minimum atomic E-state index is 0.127. The zero-order valence-corrected chi connectivity index (χ0v) is 16.1. The van der Waals surface area contributed by atoms with E-state index in [4.69, 9.17) is 4.74 Å². The summed E-state index contributed by atoms with van der Waals surface area (Å²) >= 11 is 0. The molecule has 2 aromatic heterocycles. The summed E-state index contributed by atoms with van der Waals surface area (Å²) in [5, 5.41) is 26.6. The molecule has 4 rings (SSSR count). The van der Waals surface area contributed by atoms with Crippen LogP contribution >= 0.6 is 0 Å². The number of aromatic nitrogens is 4. The topological polar surface area (TPSA) is 85.1 Å². The molecule has 146 valence electrons. The lowest BCUT2D eigenvalue weighted by molar-refractivity contribution is 0.159. The van der Waals surface area contributed by atoms with Gasteiger partial charge in [-0.05, 0) is 56.5 Å². The summed E-state index contributed by atoms with van der Waals surface area (Å²) in [5.41, 5.74) is 2.00. The van der Waals surface area contributed by atoms with Crippen molar-refractivity contribution in [1.29, 1.82) is 0 Å². The van der Waals surface area contributed by atoms with Gasteiger partial charge in [-0.3, -0.25) is 0 Å². The average Bonchev–Trinajstić information content (AvgIpc) is 3.16. The van der Waals surface area contributed by atoms with Crippen molar-refractivity contribution in [2.45, 2.75) is 38.8 Å². The first-order valence-corrected chi connectivity index (χ1v) is 9.65. The predicted octanol–water partition coefficient (Wildman–Crippen LogP) is 3.19. The summed E-state index contributed by atoms with van der Waals surface area (Å²) < 4.78 is 7.77. The minimum absolute atomic E-state index is 0.127. The maximum absolute atomic E-state index is 10.4. The molecule has 2 N–H and O–H groups in total. The molecule has 1 saturated heterocycles. The normalized spacial score (nSPS) is 22.6. The Hall–Kier alpha value is -2.93. The summed E-state index contributed by atoms with van der Waals surface area (Å²) in [6.45, 7) is 5.42. The van der Waals surface area contributed by atoms with Gasteiger partial charge in [0.15, 0.2) is 0 Å². The van der Waals surface area contributed by atoms with E-state index in [2.05, 4.69) is 34.5 Å². The van der Waals surface area contributed by atoms with Gasteiger partial charge in [0, 0.05) is 36.1 Å². The van der Waals surface area contributed by atoms with Gasteiger partial charge in [0.1, 0.15) is 11.9 Å². The molecule has 0 bridgehead atoms. The lowest BCUT2D eigenvalue weighted by Crippen LogP contribution is -2.29. The van der Waals surface area contributed by atoms with Crippen molar-refractivity contribution in [3.05, 3.63) is 48.8 Å². The van der Waals surface area contributed by atoms with Gasteiger partial charge in [-0.1, -0.05) is 6.92 Å². The number of nitrogens with zero attached hydrogens (tertiary/aromatic N) is 4. The van der Waals surface area contributed by atoms with E-state index in [0.717, 1.165) is 25.1 Å². The number of hydrogen-bond acceptors (Lipinski definition) is 6. The van der Waals surface area contributed by atoms with Crippen LogP contribution in [-0.2, 0) is 0 Å². The Morgan fingerprint density at radius 3 is 2.75 bits per heavy atom. The molecular formula is C21H25N5O2. The van der Waals surface area contributed by atoms with Crippen molar-refractivity contribution in [3.8, 4) is 28.6 Å². The van der Waals surface area contributed by atoms with Crippen LogP contribution in [0, 0.1) is 5.92 Å². The Balaban J connectivity index is 1.48. The zero-order valence-electron chi connectivity index (χ0n) is 16.1. The highest BCUT2D eigenvalue weighted by Crippen LogP contribution is 2.30. The molecular weight excluding hydrogens is 354 g/mol. The van der Waals surface area contributed by atoms with Crippen LogP contribution in [0.25, 0.3) is 16.9 Å². The summed E-state index contributed by atoms with van der Waals surface area (Å²) in [7, 11) is 0. The smallest absolute Gasteiger partial charge is 0.233 e. The van der Waals surface area contributed by atoms with Crippen LogP contribution in [0.4, 0.5) is 0 Å². The number of hydrogen-bond donors (Lipinski definition) is 2. The zero-order chi connectivity index (χ0) is 19.5. The molecule has 1 aromatic carbocycles. The molecule has 1 fully saturated rings. The fraction of sp³-hybridized carbons (Fsp3) is 0.381. The molecule has 28 heavy (non-hydrogen) atoms.